The van der Waals surface area contributed by atoms with E-state index in [-0.39, 0.29) is 36.4 Å². The third kappa shape index (κ3) is 3.89. The van der Waals surface area contributed by atoms with Gasteiger partial charge in [-0.25, -0.2) is 0 Å². The van der Waals surface area contributed by atoms with Crippen molar-refractivity contribution in [3.8, 4) is 0 Å². The van der Waals surface area contributed by atoms with Gasteiger partial charge in [0.15, 0.2) is 11.6 Å². The van der Waals surface area contributed by atoms with Gasteiger partial charge in [-0.1, -0.05) is 24.3 Å². The lowest BCUT2D eigenvalue weighted by atomic mass is 9.85. The van der Waals surface area contributed by atoms with Crippen LogP contribution >= 0.6 is 24.8 Å². The minimum atomic E-state index is -0.0156. The molecule has 3 aliphatic carbocycles. The Bertz CT molecular complexity index is 700. The van der Waals surface area contributed by atoms with Crippen LogP contribution in [-0.2, 0) is 9.59 Å². The SMILES string of the molecule is C1=CC=CNC=C1.Cl.Cl.O=C1C=CC2=C3C1=CC=C3C(=O)C=C2. The van der Waals surface area contributed by atoms with E-state index in [4.69, 9.17) is 0 Å². The number of allylic oxidation sites excluding steroid dienone is 14. The van der Waals surface area contributed by atoms with Gasteiger partial charge in [0, 0.05) is 29.1 Å². The molecular weight excluding hydrogens is 333 g/mol. The molecule has 1 N–H and O–H groups in total. The maximum absolute atomic E-state index is 11.5. The second kappa shape index (κ2) is 8.32. The van der Waals surface area contributed by atoms with Gasteiger partial charge in [0.25, 0.3) is 0 Å². The molecule has 0 saturated heterocycles. The van der Waals surface area contributed by atoms with Gasteiger partial charge in [-0.05, 0) is 42.0 Å². The molecule has 4 aliphatic rings. The van der Waals surface area contributed by atoms with Crippen molar-refractivity contribution in [3.05, 3.63) is 95.5 Å². The Labute approximate surface area is 147 Å². The largest absolute Gasteiger partial charge is 0.368 e. The van der Waals surface area contributed by atoms with Crippen LogP contribution in [0.1, 0.15) is 0 Å². The summed E-state index contributed by atoms with van der Waals surface area (Å²) in [5.41, 5.74) is 3.06. The molecule has 3 nitrogen and oxygen atoms in total. The van der Waals surface area contributed by atoms with Gasteiger partial charge >= 0.3 is 0 Å². The standard InChI is InChI=1S/C12H6O2.C6H7N.2ClH/c13-10-5-1-7-2-6-11(14)9-4-3-8(10)12(7)9;1-2-4-6-7-5-3-1;;/h1-6H;1-7H;2*1H. The van der Waals surface area contributed by atoms with Gasteiger partial charge in [0.05, 0.1) is 0 Å². The number of nitrogens with one attached hydrogen (secondary N) is 1. The molecule has 23 heavy (non-hydrogen) atoms. The first-order valence-electron chi connectivity index (χ1n) is 6.63. The number of halogens is 2. The lowest BCUT2D eigenvalue weighted by Crippen LogP contribution is -2.13. The molecule has 118 valence electrons. The van der Waals surface area contributed by atoms with Gasteiger partial charge in [-0.2, -0.15) is 0 Å². The van der Waals surface area contributed by atoms with Crippen LogP contribution in [0.2, 0.25) is 0 Å². The summed E-state index contributed by atoms with van der Waals surface area (Å²) in [6.45, 7) is 0. The summed E-state index contributed by atoms with van der Waals surface area (Å²) in [4.78, 5) is 22.9. The van der Waals surface area contributed by atoms with E-state index in [9.17, 15) is 9.59 Å². The molecular formula is C18H15Cl2NO2. The second-order valence-corrected chi connectivity index (χ2v) is 4.66. The summed E-state index contributed by atoms with van der Waals surface area (Å²) < 4.78 is 0. The minimum absolute atomic E-state index is 0. The van der Waals surface area contributed by atoms with E-state index in [0.717, 1.165) is 11.1 Å². The number of carbonyl (C=O) groups is 2. The highest BCUT2D eigenvalue weighted by Crippen LogP contribution is 2.36. The molecule has 0 spiro atoms. The third-order valence-electron chi connectivity index (χ3n) is 3.32. The first-order chi connectivity index (χ1) is 10.3. The van der Waals surface area contributed by atoms with Gasteiger partial charge in [-0.15, -0.1) is 24.8 Å². The Hall–Kier alpha value is -2.36. The number of hydrogen-bond donors (Lipinski definition) is 1. The van der Waals surface area contributed by atoms with Crippen molar-refractivity contribution in [2.45, 2.75) is 0 Å². The zero-order chi connectivity index (χ0) is 14.7. The van der Waals surface area contributed by atoms with Crippen LogP contribution < -0.4 is 5.32 Å². The van der Waals surface area contributed by atoms with Gasteiger partial charge in [0.2, 0.25) is 0 Å². The van der Waals surface area contributed by atoms with Crippen molar-refractivity contribution in [1.29, 1.82) is 0 Å². The summed E-state index contributed by atoms with van der Waals surface area (Å²) in [5.74, 6) is -0.0313. The van der Waals surface area contributed by atoms with Crippen LogP contribution in [0.4, 0.5) is 0 Å². The quantitative estimate of drug-likeness (QED) is 0.729. The molecule has 4 rings (SSSR count). The zero-order valence-corrected chi connectivity index (χ0v) is 13.7. The van der Waals surface area contributed by atoms with E-state index >= 15 is 0 Å². The Morgan fingerprint density at radius 2 is 1.13 bits per heavy atom. The summed E-state index contributed by atoms with van der Waals surface area (Å²) in [6.07, 6.45) is 21.6. The second-order valence-electron chi connectivity index (χ2n) is 4.66. The number of ketones is 2. The predicted octanol–water partition coefficient (Wildman–Crippen LogP) is 3.44. The Balaban J connectivity index is 0.000000255. The zero-order valence-electron chi connectivity index (χ0n) is 12.1. The first kappa shape index (κ1) is 18.7. The molecule has 0 radical (unpaired) electrons. The molecule has 0 bridgehead atoms. The molecule has 0 atom stereocenters. The van der Waals surface area contributed by atoms with E-state index < -0.39 is 0 Å². The first-order valence-corrected chi connectivity index (χ1v) is 6.63. The molecule has 1 aliphatic heterocycles. The summed E-state index contributed by atoms with van der Waals surface area (Å²) in [5, 5.41) is 2.92. The summed E-state index contributed by atoms with van der Waals surface area (Å²) in [6, 6.07) is 0. The smallest absolute Gasteiger partial charge is 0.186 e. The molecule has 0 aromatic carbocycles. The fraction of sp³-hybridized carbons (Fsp3) is 0. The highest BCUT2D eigenvalue weighted by molar-refractivity contribution is 6.20. The predicted molar refractivity (Wildman–Crippen MR) is 96.5 cm³/mol. The van der Waals surface area contributed by atoms with Gasteiger partial charge < -0.3 is 5.32 Å². The average molecular weight is 348 g/mol. The van der Waals surface area contributed by atoms with E-state index in [1.165, 1.54) is 0 Å². The Morgan fingerprint density at radius 1 is 0.652 bits per heavy atom. The average Bonchev–Trinajstić information content (AvgIpc) is 2.74. The van der Waals surface area contributed by atoms with E-state index in [2.05, 4.69) is 5.32 Å². The Kier molecular flexibility index (Phi) is 6.76. The van der Waals surface area contributed by atoms with E-state index in [0.29, 0.717) is 11.1 Å². The molecule has 0 fully saturated rings. The van der Waals surface area contributed by atoms with Crippen LogP contribution in [0.3, 0.4) is 0 Å². The molecule has 1 heterocycles. The molecule has 0 unspecified atom stereocenters. The Morgan fingerprint density at radius 3 is 1.61 bits per heavy atom. The number of hydrogen-bond acceptors (Lipinski definition) is 3. The normalized spacial score (nSPS) is 18.6. The topological polar surface area (TPSA) is 46.2 Å². The van der Waals surface area contributed by atoms with Crippen molar-refractivity contribution in [2.24, 2.45) is 0 Å². The van der Waals surface area contributed by atoms with Crippen molar-refractivity contribution < 1.29 is 9.59 Å². The molecule has 5 heteroatoms. The van der Waals surface area contributed by atoms with Crippen LogP contribution in [0.25, 0.3) is 0 Å². The lowest BCUT2D eigenvalue weighted by molar-refractivity contribution is -0.111. The van der Waals surface area contributed by atoms with Crippen LogP contribution in [-0.4, -0.2) is 11.6 Å². The summed E-state index contributed by atoms with van der Waals surface area (Å²) >= 11 is 0. The minimum Gasteiger partial charge on any atom is -0.368 e. The van der Waals surface area contributed by atoms with E-state index in [1.54, 1.807) is 36.5 Å². The lowest BCUT2D eigenvalue weighted by Gasteiger charge is -2.16. The van der Waals surface area contributed by atoms with Crippen LogP contribution in [0, 0.1) is 0 Å². The highest BCUT2D eigenvalue weighted by atomic mass is 35.5. The monoisotopic (exact) mass is 347 g/mol. The number of carbonyl (C=O) groups excluding carboxylic acids is 2. The van der Waals surface area contributed by atoms with E-state index in [1.807, 2.05) is 36.7 Å². The van der Waals surface area contributed by atoms with Crippen molar-refractivity contribution in [2.75, 3.05) is 0 Å². The molecule has 0 amide bonds. The van der Waals surface area contributed by atoms with Gasteiger partial charge in [-0.3, -0.25) is 9.59 Å². The van der Waals surface area contributed by atoms with Crippen molar-refractivity contribution >= 4 is 36.4 Å². The number of rotatable bonds is 0. The van der Waals surface area contributed by atoms with Crippen molar-refractivity contribution in [3.63, 3.8) is 0 Å². The fourth-order valence-corrected chi connectivity index (χ4v) is 2.34. The third-order valence-corrected chi connectivity index (χ3v) is 3.32. The van der Waals surface area contributed by atoms with Crippen LogP contribution in [0.5, 0.6) is 0 Å². The van der Waals surface area contributed by atoms with Crippen molar-refractivity contribution in [1.82, 2.24) is 5.32 Å². The molecule has 0 aromatic heterocycles. The van der Waals surface area contributed by atoms with Gasteiger partial charge in [0.1, 0.15) is 0 Å². The maximum atomic E-state index is 11.5. The molecule has 0 aromatic rings. The fourth-order valence-electron chi connectivity index (χ4n) is 2.34. The molecule has 0 saturated carbocycles. The summed E-state index contributed by atoms with van der Waals surface area (Å²) in [7, 11) is 0. The maximum Gasteiger partial charge on any atom is 0.186 e. The van der Waals surface area contributed by atoms with Crippen LogP contribution in [0.15, 0.2) is 95.5 Å². The highest BCUT2D eigenvalue weighted by Gasteiger charge is 2.29.